The Morgan fingerprint density at radius 3 is 2.76 bits per heavy atom. The fourth-order valence-electron chi connectivity index (χ4n) is 3.33. The van der Waals surface area contributed by atoms with E-state index in [2.05, 4.69) is 15.1 Å². The lowest BCUT2D eigenvalue weighted by Crippen LogP contribution is -2.40. The first-order valence-corrected chi connectivity index (χ1v) is 10.7. The largest absolute Gasteiger partial charge is 0.379 e. The number of ether oxygens (including phenoxy) is 1. The van der Waals surface area contributed by atoms with E-state index < -0.39 is 0 Å². The monoisotopic (exact) mass is 435 g/mol. The maximum atomic E-state index is 13.6. The van der Waals surface area contributed by atoms with Crippen molar-refractivity contribution in [3.63, 3.8) is 0 Å². The zero-order chi connectivity index (χ0) is 20.6. The fourth-order valence-corrected chi connectivity index (χ4v) is 3.88. The van der Waals surface area contributed by atoms with Crippen LogP contribution in [0.2, 0.25) is 5.02 Å². The summed E-state index contributed by atoms with van der Waals surface area (Å²) >= 11 is 12.0. The highest BCUT2D eigenvalue weighted by atomic mass is 35.5. The number of hydrogen-bond acceptors (Lipinski definition) is 3. The van der Waals surface area contributed by atoms with Crippen LogP contribution in [0.15, 0.2) is 42.5 Å². The Hall–Kier alpha value is -1.73. The van der Waals surface area contributed by atoms with Crippen molar-refractivity contribution in [2.24, 2.45) is 0 Å². The third-order valence-electron chi connectivity index (χ3n) is 4.92. The molecule has 1 aliphatic rings. The summed E-state index contributed by atoms with van der Waals surface area (Å²) < 4.78 is 19.1. The van der Waals surface area contributed by atoms with Crippen molar-refractivity contribution < 1.29 is 9.13 Å². The summed E-state index contributed by atoms with van der Waals surface area (Å²) in [6.07, 6.45) is 0.957. The third kappa shape index (κ3) is 6.93. The van der Waals surface area contributed by atoms with Crippen LogP contribution in [0, 0.1) is 12.7 Å². The summed E-state index contributed by atoms with van der Waals surface area (Å²) in [6, 6.07) is 12.5. The molecule has 1 fully saturated rings. The molecule has 0 amide bonds. The van der Waals surface area contributed by atoms with Gasteiger partial charge in [0.15, 0.2) is 5.11 Å². The second-order valence-electron chi connectivity index (χ2n) is 7.27. The molecule has 0 radical (unpaired) electrons. The second kappa shape index (κ2) is 10.9. The average molecular weight is 436 g/mol. The van der Waals surface area contributed by atoms with E-state index >= 15 is 0 Å². The van der Waals surface area contributed by atoms with E-state index in [-0.39, 0.29) is 5.82 Å². The van der Waals surface area contributed by atoms with Crippen molar-refractivity contribution in [2.75, 3.05) is 44.7 Å². The quantitative estimate of drug-likeness (QED) is 0.636. The number of nitrogens with zero attached hydrogens (tertiary/aromatic N) is 2. The highest BCUT2D eigenvalue weighted by Gasteiger charge is 2.15. The van der Waals surface area contributed by atoms with Crippen molar-refractivity contribution in [3.8, 4) is 0 Å². The van der Waals surface area contributed by atoms with Crippen LogP contribution < -0.4 is 5.32 Å². The number of halogens is 2. The molecule has 7 heteroatoms. The smallest absolute Gasteiger partial charge is 0.173 e. The molecule has 0 unspecified atom stereocenters. The highest BCUT2D eigenvalue weighted by molar-refractivity contribution is 7.80. The van der Waals surface area contributed by atoms with Crippen molar-refractivity contribution in [1.82, 2.24) is 9.80 Å². The Bertz CT molecular complexity index is 829. The Morgan fingerprint density at radius 1 is 1.24 bits per heavy atom. The lowest BCUT2D eigenvalue weighted by atomic mass is 10.2. The van der Waals surface area contributed by atoms with Crippen LogP contribution in [0.3, 0.4) is 0 Å². The van der Waals surface area contributed by atoms with E-state index in [0.717, 1.165) is 62.6 Å². The van der Waals surface area contributed by atoms with Gasteiger partial charge in [-0.3, -0.25) is 4.90 Å². The lowest BCUT2D eigenvalue weighted by molar-refractivity contribution is 0.0368. The number of thiocarbonyl (C=S) groups is 1. The molecule has 156 valence electrons. The van der Waals surface area contributed by atoms with Gasteiger partial charge >= 0.3 is 0 Å². The van der Waals surface area contributed by atoms with Gasteiger partial charge < -0.3 is 15.0 Å². The van der Waals surface area contributed by atoms with Crippen LogP contribution in [-0.4, -0.2) is 54.3 Å². The molecular weight excluding hydrogens is 409 g/mol. The van der Waals surface area contributed by atoms with Crippen LogP contribution >= 0.6 is 23.8 Å². The van der Waals surface area contributed by atoms with Gasteiger partial charge in [0.2, 0.25) is 0 Å². The molecule has 29 heavy (non-hydrogen) atoms. The molecule has 2 aromatic rings. The van der Waals surface area contributed by atoms with E-state index in [0.29, 0.717) is 16.7 Å². The number of nitrogens with one attached hydrogen (secondary N) is 1. The molecule has 2 aromatic carbocycles. The van der Waals surface area contributed by atoms with E-state index in [4.69, 9.17) is 28.6 Å². The molecule has 3 rings (SSSR count). The van der Waals surface area contributed by atoms with Crippen molar-refractivity contribution in [3.05, 3.63) is 64.4 Å². The Balaban J connectivity index is 1.65. The van der Waals surface area contributed by atoms with Gasteiger partial charge in [0.1, 0.15) is 5.82 Å². The summed E-state index contributed by atoms with van der Waals surface area (Å²) in [7, 11) is 0. The normalized spacial score (nSPS) is 14.6. The minimum absolute atomic E-state index is 0.240. The average Bonchev–Trinajstić information content (AvgIpc) is 2.70. The van der Waals surface area contributed by atoms with Crippen LogP contribution in [0.4, 0.5) is 10.1 Å². The zero-order valence-electron chi connectivity index (χ0n) is 16.7. The van der Waals surface area contributed by atoms with Crippen molar-refractivity contribution in [1.29, 1.82) is 0 Å². The van der Waals surface area contributed by atoms with Gasteiger partial charge in [-0.2, -0.15) is 0 Å². The maximum absolute atomic E-state index is 13.6. The van der Waals surface area contributed by atoms with Gasteiger partial charge in [0.25, 0.3) is 0 Å². The van der Waals surface area contributed by atoms with E-state index in [1.807, 2.05) is 31.2 Å². The molecule has 0 aromatic heterocycles. The van der Waals surface area contributed by atoms with Crippen LogP contribution in [0.5, 0.6) is 0 Å². The summed E-state index contributed by atoms with van der Waals surface area (Å²) in [5, 5.41) is 4.47. The number of morpholine rings is 1. The fraction of sp³-hybridized carbons (Fsp3) is 0.409. The lowest BCUT2D eigenvalue weighted by Gasteiger charge is -2.30. The third-order valence-corrected chi connectivity index (χ3v) is 5.59. The number of rotatable bonds is 7. The molecule has 1 N–H and O–H groups in total. The van der Waals surface area contributed by atoms with E-state index in [1.165, 1.54) is 6.07 Å². The Morgan fingerprint density at radius 2 is 2.03 bits per heavy atom. The van der Waals surface area contributed by atoms with Crippen LogP contribution in [0.25, 0.3) is 0 Å². The van der Waals surface area contributed by atoms with Crippen molar-refractivity contribution >= 4 is 34.6 Å². The predicted octanol–water partition coefficient (Wildman–Crippen LogP) is 4.71. The van der Waals surface area contributed by atoms with Crippen LogP contribution in [0.1, 0.15) is 17.5 Å². The number of benzene rings is 2. The molecule has 1 saturated heterocycles. The molecule has 0 spiro atoms. The predicted molar refractivity (Wildman–Crippen MR) is 121 cm³/mol. The standard InChI is InChI=1S/C22H27ClFN3OS/c1-17-6-7-21(20(23)14-17)25-22(29)27(16-18-4-2-5-19(24)15-18)9-3-8-26-10-12-28-13-11-26/h2,4-7,14-15H,3,8-13,16H2,1H3,(H,25,29). The van der Waals surface area contributed by atoms with Gasteiger partial charge in [-0.05, 0) is 61.0 Å². The van der Waals surface area contributed by atoms with E-state index in [1.54, 1.807) is 12.1 Å². The second-order valence-corrected chi connectivity index (χ2v) is 8.07. The zero-order valence-corrected chi connectivity index (χ0v) is 18.2. The molecule has 0 saturated carbocycles. The SMILES string of the molecule is Cc1ccc(NC(=S)N(CCCN2CCOCC2)Cc2cccc(F)c2)c(Cl)c1. The van der Waals surface area contributed by atoms with Gasteiger partial charge in [0.05, 0.1) is 23.9 Å². The van der Waals surface area contributed by atoms with Gasteiger partial charge in [-0.15, -0.1) is 0 Å². The molecule has 1 heterocycles. The minimum Gasteiger partial charge on any atom is -0.379 e. The number of aryl methyl sites for hydroxylation is 1. The summed E-state index contributed by atoms with van der Waals surface area (Å²) in [4.78, 5) is 4.47. The number of hydrogen-bond donors (Lipinski definition) is 1. The molecular formula is C22H27ClFN3OS. The Kier molecular flexibility index (Phi) is 8.24. The first kappa shape index (κ1) is 22.0. The number of anilines is 1. The van der Waals surface area contributed by atoms with Crippen molar-refractivity contribution in [2.45, 2.75) is 19.9 Å². The summed E-state index contributed by atoms with van der Waals surface area (Å²) in [5.74, 6) is -0.240. The molecule has 1 aliphatic heterocycles. The molecule has 4 nitrogen and oxygen atoms in total. The molecule has 0 bridgehead atoms. The van der Waals surface area contributed by atoms with Gasteiger partial charge in [-0.1, -0.05) is 29.8 Å². The summed E-state index contributed by atoms with van der Waals surface area (Å²) in [6.45, 7) is 7.79. The van der Waals surface area contributed by atoms with E-state index in [9.17, 15) is 4.39 Å². The maximum Gasteiger partial charge on any atom is 0.173 e. The van der Waals surface area contributed by atoms with Crippen LogP contribution in [-0.2, 0) is 11.3 Å². The first-order valence-electron chi connectivity index (χ1n) is 9.88. The summed E-state index contributed by atoms with van der Waals surface area (Å²) in [5.41, 5.74) is 2.75. The van der Waals surface area contributed by atoms with Gasteiger partial charge in [-0.25, -0.2) is 4.39 Å². The minimum atomic E-state index is -0.240. The highest BCUT2D eigenvalue weighted by Crippen LogP contribution is 2.23. The topological polar surface area (TPSA) is 27.7 Å². The first-order chi connectivity index (χ1) is 14.0. The van der Waals surface area contributed by atoms with Gasteiger partial charge in [0, 0.05) is 32.7 Å². The molecule has 0 atom stereocenters. The Labute approximate surface area is 182 Å². The molecule has 0 aliphatic carbocycles.